The van der Waals surface area contributed by atoms with Gasteiger partial charge in [-0.05, 0) is 27.3 Å². The van der Waals surface area contributed by atoms with Crippen LogP contribution in [0.2, 0.25) is 0 Å². The molecule has 0 rings (SSSR count). The fourth-order valence-electron chi connectivity index (χ4n) is 1.05. The normalized spacial score (nSPS) is 11.9. The first kappa shape index (κ1) is 14.4. The molecule has 0 saturated heterocycles. The summed E-state index contributed by atoms with van der Waals surface area (Å²) in [4.78, 5) is 13.5. The molecule has 0 bridgehead atoms. The molecule has 0 unspecified atom stereocenters. The summed E-state index contributed by atoms with van der Waals surface area (Å²) in [6.07, 6.45) is 2.14. The van der Waals surface area contributed by atoms with Crippen LogP contribution < -0.4 is 11.1 Å². The summed E-state index contributed by atoms with van der Waals surface area (Å²) in [7, 11) is 1.92. The molecule has 0 aliphatic rings. The van der Waals surface area contributed by atoms with Crippen molar-refractivity contribution < 1.29 is 4.79 Å². The summed E-state index contributed by atoms with van der Waals surface area (Å²) in [6.45, 7) is 7.90. The Morgan fingerprint density at radius 3 is 2.53 bits per heavy atom. The van der Waals surface area contributed by atoms with Gasteiger partial charge in [-0.2, -0.15) is 0 Å². The number of carbonyl (C=O) groups is 1. The van der Waals surface area contributed by atoms with Gasteiger partial charge in [0.25, 0.3) is 0 Å². The van der Waals surface area contributed by atoms with Gasteiger partial charge >= 0.3 is 0 Å². The van der Waals surface area contributed by atoms with Gasteiger partial charge in [-0.1, -0.05) is 13.3 Å². The van der Waals surface area contributed by atoms with E-state index < -0.39 is 0 Å². The van der Waals surface area contributed by atoms with E-state index in [1.165, 1.54) is 0 Å². The van der Waals surface area contributed by atoms with Crippen molar-refractivity contribution in [2.45, 2.75) is 39.2 Å². The van der Waals surface area contributed by atoms with Gasteiger partial charge in [0.1, 0.15) is 0 Å². The Balaban J connectivity index is 3.86. The van der Waals surface area contributed by atoms with E-state index in [0.717, 1.165) is 19.4 Å². The molecule has 1 amide bonds. The maximum atomic E-state index is 11.5. The molecule has 4 heteroatoms. The third kappa shape index (κ3) is 5.74. The van der Waals surface area contributed by atoms with Crippen LogP contribution in [0.15, 0.2) is 0 Å². The van der Waals surface area contributed by atoms with E-state index in [-0.39, 0.29) is 11.4 Å². The zero-order chi connectivity index (χ0) is 11.9. The molecular formula is C11H25N3O. The monoisotopic (exact) mass is 215 g/mol. The number of amides is 1. The number of likely N-dealkylation sites (N-methyl/N-ethyl adjacent to an activating group) is 1. The number of carbonyl (C=O) groups excluding carboxylic acids is 1. The molecule has 0 radical (unpaired) electrons. The molecule has 0 aliphatic carbocycles. The lowest BCUT2D eigenvalue weighted by molar-refractivity contribution is -0.123. The average molecular weight is 215 g/mol. The minimum absolute atomic E-state index is 0.0764. The largest absolute Gasteiger partial charge is 0.355 e. The predicted octanol–water partition coefficient (Wildman–Crippen LogP) is 0.572. The van der Waals surface area contributed by atoms with Gasteiger partial charge in [0, 0.05) is 18.6 Å². The Labute approximate surface area is 93.2 Å². The molecule has 0 saturated carbocycles. The smallest absolute Gasteiger partial charge is 0.234 e. The van der Waals surface area contributed by atoms with Crippen LogP contribution in [-0.2, 0) is 4.79 Å². The van der Waals surface area contributed by atoms with Gasteiger partial charge in [-0.3, -0.25) is 9.69 Å². The van der Waals surface area contributed by atoms with Crippen molar-refractivity contribution >= 4 is 5.91 Å². The second kappa shape index (κ2) is 6.80. The van der Waals surface area contributed by atoms with E-state index in [1.807, 2.05) is 25.8 Å². The number of nitrogens with one attached hydrogen (secondary N) is 1. The lowest BCUT2D eigenvalue weighted by Crippen LogP contribution is -2.50. The highest BCUT2D eigenvalue weighted by atomic mass is 16.2. The number of hydrogen-bond donors (Lipinski definition) is 2. The second-order valence-electron chi connectivity index (χ2n) is 4.58. The molecule has 3 N–H and O–H groups in total. The molecule has 0 aliphatic heterocycles. The summed E-state index contributed by atoms with van der Waals surface area (Å²) < 4.78 is 0. The standard InChI is InChI=1S/C11H25N3O/c1-5-6-7-13-10(15)8-14(4)11(2,3)9-12/h5-9,12H2,1-4H3,(H,13,15). The number of hydrogen-bond acceptors (Lipinski definition) is 3. The SMILES string of the molecule is CCCCNC(=O)CN(C)C(C)(C)CN. The van der Waals surface area contributed by atoms with Gasteiger partial charge in [-0.25, -0.2) is 0 Å². The Bertz CT molecular complexity index is 192. The van der Waals surface area contributed by atoms with E-state index in [0.29, 0.717) is 13.1 Å². The van der Waals surface area contributed by atoms with Crippen LogP contribution in [0, 0.1) is 0 Å². The zero-order valence-electron chi connectivity index (χ0n) is 10.5. The second-order valence-corrected chi connectivity index (χ2v) is 4.58. The van der Waals surface area contributed by atoms with Crippen LogP contribution in [0.3, 0.4) is 0 Å². The van der Waals surface area contributed by atoms with Crippen molar-refractivity contribution in [3.8, 4) is 0 Å². The quantitative estimate of drug-likeness (QED) is 0.611. The van der Waals surface area contributed by atoms with Crippen molar-refractivity contribution in [3.05, 3.63) is 0 Å². The molecule has 0 spiro atoms. The first-order chi connectivity index (χ1) is 6.94. The Hall–Kier alpha value is -0.610. The molecule has 0 atom stereocenters. The van der Waals surface area contributed by atoms with Gasteiger partial charge in [-0.15, -0.1) is 0 Å². The highest BCUT2D eigenvalue weighted by molar-refractivity contribution is 5.78. The number of nitrogens with zero attached hydrogens (tertiary/aromatic N) is 1. The van der Waals surface area contributed by atoms with Gasteiger partial charge in [0.05, 0.1) is 6.54 Å². The lowest BCUT2D eigenvalue weighted by atomic mass is 10.0. The topological polar surface area (TPSA) is 58.4 Å². The first-order valence-corrected chi connectivity index (χ1v) is 5.62. The molecule has 0 aromatic carbocycles. The van der Waals surface area contributed by atoms with Crippen molar-refractivity contribution in [1.29, 1.82) is 0 Å². The van der Waals surface area contributed by atoms with Crippen molar-refractivity contribution in [2.24, 2.45) is 5.73 Å². The van der Waals surface area contributed by atoms with E-state index in [1.54, 1.807) is 0 Å². The average Bonchev–Trinajstić information content (AvgIpc) is 2.18. The van der Waals surface area contributed by atoms with Gasteiger partial charge in [0.15, 0.2) is 0 Å². The van der Waals surface area contributed by atoms with E-state index in [2.05, 4.69) is 12.2 Å². The predicted molar refractivity (Wildman–Crippen MR) is 63.7 cm³/mol. The molecule has 15 heavy (non-hydrogen) atoms. The molecule has 0 aromatic heterocycles. The summed E-state index contributed by atoms with van der Waals surface area (Å²) >= 11 is 0. The summed E-state index contributed by atoms with van der Waals surface area (Å²) in [6, 6.07) is 0. The minimum atomic E-state index is -0.123. The molecule has 4 nitrogen and oxygen atoms in total. The van der Waals surface area contributed by atoms with Crippen LogP contribution in [0.4, 0.5) is 0 Å². The molecule has 0 heterocycles. The Morgan fingerprint density at radius 1 is 1.47 bits per heavy atom. The van der Waals surface area contributed by atoms with E-state index in [9.17, 15) is 4.79 Å². The van der Waals surface area contributed by atoms with Gasteiger partial charge < -0.3 is 11.1 Å². The number of nitrogens with two attached hydrogens (primary N) is 1. The van der Waals surface area contributed by atoms with Crippen LogP contribution >= 0.6 is 0 Å². The lowest BCUT2D eigenvalue weighted by Gasteiger charge is -2.33. The van der Waals surface area contributed by atoms with Crippen LogP contribution in [-0.4, -0.2) is 43.0 Å². The molecule has 0 fully saturated rings. The maximum absolute atomic E-state index is 11.5. The maximum Gasteiger partial charge on any atom is 0.234 e. The van der Waals surface area contributed by atoms with Crippen molar-refractivity contribution in [2.75, 3.05) is 26.7 Å². The third-order valence-corrected chi connectivity index (χ3v) is 2.77. The highest BCUT2D eigenvalue weighted by Crippen LogP contribution is 2.08. The fourth-order valence-corrected chi connectivity index (χ4v) is 1.05. The van der Waals surface area contributed by atoms with E-state index in [4.69, 9.17) is 5.73 Å². The number of unbranched alkanes of at least 4 members (excludes halogenated alkanes) is 1. The molecule has 0 aromatic rings. The summed E-state index contributed by atoms with van der Waals surface area (Å²) in [5.74, 6) is 0.0764. The highest BCUT2D eigenvalue weighted by Gasteiger charge is 2.22. The van der Waals surface area contributed by atoms with Crippen LogP contribution in [0.25, 0.3) is 0 Å². The van der Waals surface area contributed by atoms with E-state index >= 15 is 0 Å². The van der Waals surface area contributed by atoms with Gasteiger partial charge in [0.2, 0.25) is 5.91 Å². The zero-order valence-corrected chi connectivity index (χ0v) is 10.5. The Kier molecular flexibility index (Phi) is 6.52. The first-order valence-electron chi connectivity index (χ1n) is 5.62. The van der Waals surface area contributed by atoms with Crippen molar-refractivity contribution in [3.63, 3.8) is 0 Å². The van der Waals surface area contributed by atoms with Crippen molar-refractivity contribution in [1.82, 2.24) is 10.2 Å². The molecular weight excluding hydrogens is 190 g/mol. The Morgan fingerprint density at radius 2 is 2.07 bits per heavy atom. The third-order valence-electron chi connectivity index (χ3n) is 2.77. The summed E-state index contributed by atoms with van der Waals surface area (Å²) in [5.41, 5.74) is 5.51. The minimum Gasteiger partial charge on any atom is -0.355 e. The fraction of sp³-hybridized carbons (Fsp3) is 0.909. The summed E-state index contributed by atoms with van der Waals surface area (Å²) in [5, 5.41) is 2.89. The number of rotatable bonds is 7. The van der Waals surface area contributed by atoms with Crippen LogP contribution in [0.1, 0.15) is 33.6 Å². The molecule has 90 valence electrons. The van der Waals surface area contributed by atoms with Crippen LogP contribution in [0.5, 0.6) is 0 Å².